The highest BCUT2D eigenvalue weighted by Crippen LogP contribution is 2.78. The molecule has 0 saturated heterocycles. The Morgan fingerprint density at radius 1 is 1.05 bits per heavy atom. The van der Waals surface area contributed by atoms with E-state index in [0.29, 0.717) is 12.0 Å². The molecule has 5 unspecified atom stereocenters. The molecule has 4 aliphatic carbocycles. The fourth-order valence-electron chi connectivity index (χ4n) is 6.51. The number of rotatable bonds is 7. The maximum Gasteiger partial charge on any atom is 0.312 e. The summed E-state index contributed by atoms with van der Waals surface area (Å²) in [6.45, 7) is 1.39. The molecule has 118 valence electrons. The monoisotopic (exact) mass is 291 g/mol. The first-order valence-corrected chi connectivity index (χ1v) is 9.06. The van der Waals surface area contributed by atoms with E-state index in [0.717, 1.165) is 69.2 Å². The number of esters is 1. The van der Waals surface area contributed by atoms with Crippen molar-refractivity contribution in [2.24, 2.45) is 34.3 Å². The molecule has 4 aliphatic rings. The summed E-state index contributed by atoms with van der Waals surface area (Å²) in [7, 11) is 0. The predicted octanol–water partition coefficient (Wildman–Crippen LogP) is 3.27. The summed E-state index contributed by atoms with van der Waals surface area (Å²) in [6, 6.07) is 0. The van der Waals surface area contributed by atoms with Gasteiger partial charge in [0.2, 0.25) is 0 Å². The molecular formula is C18H29NO2. The number of nitrogens with two attached hydrogens (primary N) is 1. The maximum atomic E-state index is 12.7. The second-order valence-corrected chi connectivity index (χ2v) is 8.37. The summed E-state index contributed by atoms with van der Waals surface area (Å²) in [5.41, 5.74) is 6.00. The molecule has 2 N–H and O–H groups in total. The highest BCUT2D eigenvalue weighted by Gasteiger charge is 2.72. The van der Waals surface area contributed by atoms with Crippen molar-refractivity contribution < 1.29 is 9.53 Å². The van der Waals surface area contributed by atoms with Crippen molar-refractivity contribution in [3.63, 3.8) is 0 Å². The second-order valence-electron chi connectivity index (χ2n) is 8.37. The molecule has 0 aliphatic heterocycles. The van der Waals surface area contributed by atoms with Gasteiger partial charge in [-0.05, 0) is 81.1 Å². The minimum atomic E-state index is -0.0733. The van der Waals surface area contributed by atoms with Gasteiger partial charge in [-0.25, -0.2) is 0 Å². The van der Waals surface area contributed by atoms with Crippen LogP contribution in [0.3, 0.4) is 0 Å². The first-order valence-electron chi connectivity index (χ1n) is 9.06. The zero-order valence-electron chi connectivity index (χ0n) is 13.1. The van der Waals surface area contributed by atoms with Gasteiger partial charge in [0.15, 0.2) is 0 Å². The summed E-state index contributed by atoms with van der Waals surface area (Å²) in [6.07, 6.45) is 12.1. The lowest BCUT2D eigenvalue weighted by molar-refractivity contribution is -0.158. The predicted molar refractivity (Wildman–Crippen MR) is 81.5 cm³/mol. The summed E-state index contributed by atoms with van der Waals surface area (Å²) >= 11 is 0. The van der Waals surface area contributed by atoms with E-state index in [1.165, 1.54) is 19.3 Å². The molecule has 4 saturated carbocycles. The SMILES string of the molecule is NCCCCCCOC(=O)C12CC3CC4CC(C1)C4(C3)C2. The number of unbranched alkanes of at least 4 members (excludes halogenated alkanes) is 3. The maximum absolute atomic E-state index is 12.7. The summed E-state index contributed by atoms with van der Waals surface area (Å²) in [5, 5.41) is 0. The molecular weight excluding hydrogens is 262 g/mol. The Labute approximate surface area is 128 Å². The summed E-state index contributed by atoms with van der Waals surface area (Å²) in [5.74, 6) is 2.79. The standard InChI is InChI=1S/C18H29NO2/c19-5-3-1-2-4-6-21-16(20)17-9-13-7-14-8-15(11-17)18(14,10-13)12-17/h13-15H,1-12,19H2. The third kappa shape index (κ3) is 1.99. The molecule has 3 heteroatoms. The van der Waals surface area contributed by atoms with E-state index in [4.69, 9.17) is 10.5 Å². The van der Waals surface area contributed by atoms with E-state index in [1.807, 2.05) is 0 Å². The minimum Gasteiger partial charge on any atom is -0.465 e. The van der Waals surface area contributed by atoms with Crippen LogP contribution in [0.1, 0.15) is 64.2 Å². The Morgan fingerprint density at radius 3 is 2.76 bits per heavy atom. The Bertz CT molecular complexity index is 433. The molecule has 0 heterocycles. The zero-order valence-corrected chi connectivity index (χ0v) is 13.1. The molecule has 4 rings (SSSR count). The largest absolute Gasteiger partial charge is 0.465 e. The molecule has 0 aromatic heterocycles. The number of fused-ring (bicyclic) bond motifs is 2. The van der Waals surface area contributed by atoms with Gasteiger partial charge in [-0.1, -0.05) is 12.8 Å². The number of carbonyl (C=O) groups is 1. The van der Waals surface area contributed by atoms with Gasteiger partial charge in [-0.2, -0.15) is 0 Å². The quantitative estimate of drug-likeness (QED) is 0.578. The fraction of sp³-hybridized carbons (Fsp3) is 0.944. The number of ether oxygens (including phenoxy) is 1. The van der Waals surface area contributed by atoms with Gasteiger partial charge >= 0.3 is 5.97 Å². The lowest BCUT2D eigenvalue weighted by Crippen LogP contribution is -2.42. The van der Waals surface area contributed by atoms with Gasteiger partial charge in [0.05, 0.1) is 12.0 Å². The normalized spacial score (nSPS) is 45.5. The van der Waals surface area contributed by atoms with Crippen LogP contribution in [0.25, 0.3) is 0 Å². The highest BCUT2D eigenvalue weighted by molar-refractivity contribution is 5.78. The molecule has 21 heavy (non-hydrogen) atoms. The van der Waals surface area contributed by atoms with E-state index in [-0.39, 0.29) is 11.4 Å². The van der Waals surface area contributed by atoms with Gasteiger partial charge < -0.3 is 10.5 Å². The van der Waals surface area contributed by atoms with Crippen LogP contribution in [-0.4, -0.2) is 19.1 Å². The lowest BCUT2D eigenvalue weighted by Gasteiger charge is -2.49. The first kappa shape index (κ1) is 14.0. The first-order chi connectivity index (χ1) is 10.2. The Kier molecular flexibility index (Phi) is 3.33. The number of hydrogen-bond acceptors (Lipinski definition) is 3. The van der Waals surface area contributed by atoms with Gasteiger partial charge in [-0.15, -0.1) is 0 Å². The fourth-order valence-corrected chi connectivity index (χ4v) is 6.51. The van der Waals surface area contributed by atoms with E-state index in [2.05, 4.69) is 0 Å². The smallest absolute Gasteiger partial charge is 0.312 e. The van der Waals surface area contributed by atoms with Gasteiger partial charge in [0.1, 0.15) is 0 Å². The van der Waals surface area contributed by atoms with Crippen LogP contribution in [0.15, 0.2) is 0 Å². The van der Waals surface area contributed by atoms with Crippen LogP contribution in [-0.2, 0) is 9.53 Å². The molecule has 0 amide bonds. The lowest BCUT2D eigenvalue weighted by atomic mass is 9.55. The van der Waals surface area contributed by atoms with Gasteiger partial charge in [0, 0.05) is 0 Å². The molecule has 1 spiro atoms. The third-order valence-electron chi connectivity index (χ3n) is 7.23. The van der Waals surface area contributed by atoms with Crippen molar-refractivity contribution in [1.29, 1.82) is 0 Å². The molecule has 4 fully saturated rings. The van der Waals surface area contributed by atoms with Crippen LogP contribution in [0.4, 0.5) is 0 Å². The number of hydrogen-bond donors (Lipinski definition) is 1. The van der Waals surface area contributed by atoms with Crippen molar-refractivity contribution in [1.82, 2.24) is 0 Å². The van der Waals surface area contributed by atoms with E-state index < -0.39 is 0 Å². The third-order valence-corrected chi connectivity index (χ3v) is 7.23. The van der Waals surface area contributed by atoms with Crippen molar-refractivity contribution in [3.8, 4) is 0 Å². The van der Waals surface area contributed by atoms with Crippen LogP contribution >= 0.6 is 0 Å². The molecule has 3 bridgehead atoms. The molecule has 5 atom stereocenters. The molecule has 0 radical (unpaired) electrons. The van der Waals surface area contributed by atoms with Gasteiger partial charge in [-0.3, -0.25) is 4.79 Å². The average molecular weight is 291 g/mol. The number of carbonyl (C=O) groups excluding carboxylic acids is 1. The van der Waals surface area contributed by atoms with E-state index in [1.54, 1.807) is 0 Å². The topological polar surface area (TPSA) is 52.3 Å². The zero-order chi connectivity index (χ0) is 14.5. The minimum absolute atomic E-state index is 0.0733. The molecule has 3 nitrogen and oxygen atoms in total. The molecule has 0 aromatic rings. The Hall–Kier alpha value is -0.570. The van der Waals surface area contributed by atoms with Crippen LogP contribution in [0.5, 0.6) is 0 Å². The van der Waals surface area contributed by atoms with E-state index in [9.17, 15) is 4.79 Å². The summed E-state index contributed by atoms with van der Waals surface area (Å²) in [4.78, 5) is 12.7. The van der Waals surface area contributed by atoms with Crippen molar-refractivity contribution in [2.45, 2.75) is 64.2 Å². The van der Waals surface area contributed by atoms with Crippen molar-refractivity contribution in [2.75, 3.05) is 13.2 Å². The van der Waals surface area contributed by atoms with Crippen LogP contribution in [0.2, 0.25) is 0 Å². The van der Waals surface area contributed by atoms with Crippen LogP contribution in [0, 0.1) is 28.6 Å². The van der Waals surface area contributed by atoms with Crippen LogP contribution < -0.4 is 5.73 Å². The Balaban J connectivity index is 1.31. The molecule has 0 aromatic carbocycles. The van der Waals surface area contributed by atoms with Gasteiger partial charge in [0.25, 0.3) is 0 Å². The highest BCUT2D eigenvalue weighted by atomic mass is 16.5. The Morgan fingerprint density at radius 2 is 1.90 bits per heavy atom. The van der Waals surface area contributed by atoms with Crippen molar-refractivity contribution in [3.05, 3.63) is 0 Å². The summed E-state index contributed by atoms with van der Waals surface area (Å²) < 4.78 is 5.70. The average Bonchev–Trinajstić information content (AvgIpc) is 2.78. The second kappa shape index (κ2) is 4.97. The van der Waals surface area contributed by atoms with Crippen molar-refractivity contribution >= 4 is 5.97 Å². The van der Waals surface area contributed by atoms with E-state index >= 15 is 0 Å².